The Morgan fingerprint density at radius 2 is 1.89 bits per heavy atom. The van der Waals surface area contributed by atoms with E-state index >= 15 is 0 Å². The van der Waals surface area contributed by atoms with Gasteiger partial charge in [0.05, 0.1) is 5.56 Å². The Balaban J connectivity index is 1.55. The summed E-state index contributed by atoms with van der Waals surface area (Å²) in [7, 11) is 0. The molecule has 1 aliphatic carbocycles. The summed E-state index contributed by atoms with van der Waals surface area (Å²) >= 11 is 0. The predicted octanol–water partition coefficient (Wildman–Crippen LogP) is 2.94. The number of likely N-dealkylation sites (tertiary alicyclic amines) is 1. The number of ketones is 1. The summed E-state index contributed by atoms with van der Waals surface area (Å²) < 4.78 is 5.49. The van der Waals surface area contributed by atoms with Gasteiger partial charge in [0, 0.05) is 23.5 Å². The third-order valence-corrected chi connectivity index (χ3v) is 5.49. The van der Waals surface area contributed by atoms with Crippen molar-refractivity contribution in [2.75, 3.05) is 0 Å². The molecule has 1 aromatic heterocycles. The van der Waals surface area contributed by atoms with Crippen LogP contribution in [0.2, 0.25) is 0 Å². The number of amides is 1. The minimum atomic E-state index is -0.603. The van der Waals surface area contributed by atoms with Crippen LogP contribution in [0.5, 0.6) is 0 Å². The fourth-order valence-corrected chi connectivity index (χ4v) is 3.94. The number of ether oxygens (including phenoxy) is 1. The van der Waals surface area contributed by atoms with Gasteiger partial charge in [-0.05, 0) is 44.2 Å². The molecule has 144 valence electrons. The van der Waals surface area contributed by atoms with Gasteiger partial charge in [-0.2, -0.15) is 0 Å². The Hall–Kier alpha value is -3.02. The van der Waals surface area contributed by atoms with Gasteiger partial charge in [0.2, 0.25) is 0 Å². The fourth-order valence-electron chi connectivity index (χ4n) is 3.94. The predicted molar refractivity (Wildman–Crippen MR) is 102 cm³/mol. The number of Topliss-reactive ketones (excluding diaryl/α,β-unsaturated/α-hetero) is 1. The third kappa shape index (κ3) is 3.42. The molecule has 1 aromatic carbocycles. The second-order valence-electron chi connectivity index (χ2n) is 7.55. The quantitative estimate of drug-likeness (QED) is 0.591. The summed E-state index contributed by atoms with van der Waals surface area (Å²) in [6, 6.07) is 10.5. The van der Waals surface area contributed by atoms with Gasteiger partial charge in [-0.1, -0.05) is 30.3 Å². The minimum Gasteiger partial charge on any atom is -0.459 e. The van der Waals surface area contributed by atoms with Gasteiger partial charge in [-0.3, -0.25) is 14.6 Å². The minimum absolute atomic E-state index is 0.0510. The molecule has 1 amide bonds. The number of fused-ring (bicyclic) bond motifs is 1. The lowest BCUT2D eigenvalue weighted by Crippen LogP contribution is -2.44. The van der Waals surface area contributed by atoms with Crippen molar-refractivity contribution in [2.24, 2.45) is 5.92 Å². The molecule has 2 aliphatic rings. The van der Waals surface area contributed by atoms with Gasteiger partial charge < -0.3 is 9.64 Å². The van der Waals surface area contributed by atoms with E-state index in [1.165, 1.54) is 13.1 Å². The number of nitrogens with zero attached hydrogens (tertiary/aromatic N) is 2. The number of aryl methyl sites for hydroxylation is 1. The van der Waals surface area contributed by atoms with E-state index in [2.05, 4.69) is 4.98 Å². The highest BCUT2D eigenvalue weighted by Gasteiger charge is 2.57. The van der Waals surface area contributed by atoms with Crippen LogP contribution in [0.15, 0.2) is 42.6 Å². The number of hydrogen-bond acceptors (Lipinski definition) is 5. The normalized spacial score (nSPS) is 22.5. The highest BCUT2D eigenvalue weighted by Crippen LogP contribution is 2.48. The molecule has 1 saturated carbocycles. The molecule has 0 radical (unpaired) electrons. The number of aromatic nitrogens is 1. The zero-order valence-corrected chi connectivity index (χ0v) is 15.9. The molecule has 2 fully saturated rings. The average Bonchev–Trinajstić information content (AvgIpc) is 3.35. The molecular formula is C22H22N2O4. The SMILES string of the molecule is CC(=O)c1cnc(C)cc1C(=O)N1[C@@H](C(=O)OCc2ccccc2)CC2C[C@H]21. The van der Waals surface area contributed by atoms with Crippen LogP contribution in [0.1, 0.15) is 51.7 Å². The molecule has 2 aromatic rings. The number of hydrogen-bond donors (Lipinski definition) is 0. The van der Waals surface area contributed by atoms with Gasteiger partial charge in [-0.25, -0.2) is 4.79 Å². The smallest absolute Gasteiger partial charge is 0.329 e. The summed E-state index contributed by atoms with van der Waals surface area (Å²) in [6.07, 6.45) is 2.95. The maximum absolute atomic E-state index is 13.3. The second kappa shape index (κ2) is 7.19. The van der Waals surface area contributed by atoms with Gasteiger partial charge in [-0.15, -0.1) is 0 Å². The lowest BCUT2D eigenvalue weighted by atomic mass is 10.0. The molecule has 3 atom stereocenters. The molecular weight excluding hydrogens is 356 g/mol. The first kappa shape index (κ1) is 18.3. The highest BCUT2D eigenvalue weighted by atomic mass is 16.5. The monoisotopic (exact) mass is 378 g/mol. The van der Waals surface area contributed by atoms with Crippen LogP contribution in [-0.4, -0.2) is 39.6 Å². The molecule has 4 rings (SSSR count). The van der Waals surface area contributed by atoms with Crippen LogP contribution in [0.4, 0.5) is 0 Å². The zero-order valence-electron chi connectivity index (χ0n) is 15.9. The summed E-state index contributed by atoms with van der Waals surface area (Å²) in [5, 5.41) is 0. The van der Waals surface area contributed by atoms with Gasteiger partial charge in [0.15, 0.2) is 5.78 Å². The second-order valence-corrected chi connectivity index (χ2v) is 7.55. The van der Waals surface area contributed by atoms with E-state index in [4.69, 9.17) is 4.74 Å². The van der Waals surface area contributed by atoms with E-state index in [1.54, 1.807) is 17.9 Å². The van der Waals surface area contributed by atoms with Crippen molar-refractivity contribution < 1.29 is 19.1 Å². The van der Waals surface area contributed by atoms with Crippen LogP contribution < -0.4 is 0 Å². The Labute approximate surface area is 163 Å². The van der Waals surface area contributed by atoms with E-state index in [9.17, 15) is 14.4 Å². The summed E-state index contributed by atoms with van der Waals surface area (Å²) in [4.78, 5) is 43.7. The van der Waals surface area contributed by atoms with E-state index in [-0.39, 0.29) is 35.9 Å². The summed E-state index contributed by atoms with van der Waals surface area (Å²) in [5.41, 5.74) is 2.16. The molecule has 1 saturated heterocycles. The highest BCUT2D eigenvalue weighted by molar-refractivity contribution is 6.08. The van der Waals surface area contributed by atoms with Crippen molar-refractivity contribution in [2.45, 2.75) is 45.4 Å². The van der Waals surface area contributed by atoms with Gasteiger partial charge in [0.25, 0.3) is 5.91 Å². The van der Waals surface area contributed by atoms with Gasteiger partial charge >= 0.3 is 5.97 Å². The fraction of sp³-hybridized carbons (Fsp3) is 0.364. The summed E-state index contributed by atoms with van der Waals surface area (Å²) in [6.45, 7) is 3.37. The Morgan fingerprint density at radius 1 is 1.14 bits per heavy atom. The van der Waals surface area contributed by atoms with Crippen LogP contribution >= 0.6 is 0 Å². The van der Waals surface area contributed by atoms with Crippen LogP contribution in [-0.2, 0) is 16.1 Å². The summed E-state index contributed by atoms with van der Waals surface area (Å²) in [5.74, 6) is -0.561. The number of pyridine rings is 1. The molecule has 6 nitrogen and oxygen atoms in total. The number of carbonyl (C=O) groups excluding carboxylic acids is 3. The first-order chi connectivity index (χ1) is 13.5. The lowest BCUT2D eigenvalue weighted by Gasteiger charge is -2.27. The molecule has 2 heterocycles. The molecule has 6 heteroatoms. The first-order valence-electron chi connectivity index (χ1n) is 9.46. The molecule has 0 spiro atoms. The van der Waals surface area contributed by atoms with E-state index in [0.29, 0.717) is 23.6 Å². The molecule has 0 bridgehead atoms. The number of benzene rings is 1. The molecule has 28 heavy (non-hydrogen) atoms. The van der Waals surface area contributed by atoms with Crippen molar-refractivity contribution in [3.8, 4) is 0 Å². The first-order valence-corrected chi connectivity index (χ1v) is 9.46. The standard InChI is InChI=1S/C22H22N2O4/c1-13-8-17(18(11-23-13)14(2)25)21(26)24-19-9-16(19)10-20(24)22(27)28-12-15-6-4-3-5-7-15/h3-8,11,16,19-20H,9-10,12H2,1-2H3/t16?,19-,20-/m1/s1. The average molecular weight is 378 g/mol. The van der Waals surface area contributed by atoms with Crippen molar-refractivity contribution >= 4 is 17.7 Å². The number of piperidine rings is 1. The Kier molecular flexibility index (Phi) is 4.71. The van der Waals surface area contributed by atoms with E-state index in [0.717, 1.165) is 12.0 Å². The Bertz CT molecular complexity index is 941. The maximum Gasteiger partial charge on any atom is 0.329 e. The number of carbonyl (C=O) groups is 3. The van der Waals surface area contributed by atoms with Gasteiger partial charge in [0.1, 0.15) is 12.6 Å². The lowest BCUT2D eigenvalue weighted by molar-refractivity contribution is -0.150. The molecule has 0 N–H and O–H groups in total. The van der Waals surface area contributed by atoms with Crippen LogP contribution in [0.3, 0.4) is 0 Å². The van der Waals surface area contributed by atoms with E-state index < -0.39 is 6.04 Å². The third-order valence-electron chi connectivity index (χ3n) is 5.49. The number of rotatable bonds is 5. The van der Waals surface area contributed by atoms with Crippen LogP contribution in [0.25, 0.3) is 0 Å². The maximum atomic E-state index is 13.3. The number of esters is 1. The van der Waals surface area contributed by atoms with Crippen molar-refractivity contribution in [3.63, 3.8) is 0 Å². The largest absolute Gasteiger partial charge is 0.459 e. The zero-order chi connectivity index (χ0) is 19.8. The van der Waals surface area contributed by atoms with Crippen LogP contribution in [0, 0.1) is 12.8 Å². The van der Waals surface area contributed by atoms with Crippen molar-refractivity contribution in [1.29, 1.82) is 0 Å². The Morgan fingerprint density at radius 3 is 2.61 bits per heavy atom. The van der Waals surface area contributed by atoms with Crippen molar-refractivity contribution in [1.82, 2.24) is 9.88 Å². The molecule has 1 unspecified atom stereocenters. The molecule has 1 aliphatic heterocycles. The van der Waals surface area contributed by atoms with Crippen molar-refractivity contribution in [3.05, 3.63) is 65.0 Å². The van der Waals surface area contributed by atoms with E-state index in [1.807, 2.05) is 30.3 Å². The topological polar surface area (TPSA) is 76.6 Å².